The second-order valence-corrected chi connectivity index (χ2v) is 7.39. The first-order chi connectivity index (χ1) is 13.8. The second-order valence-electron chi connectivity index (χ2n) is 7.39. The number of hydrogen-bond acceptors (Lipinski definition) is 2. The van der Waals surface area contributed by atoms with Crippen molar-refractivity contribution < 1.29 is 4.79 Å². The van der Waals surface area contributed by atoms with Gasteiger partial charge in [0.1, 0.15) is 0 Å². The molecule has 4 aromatic rings. The standard InChI is InChI=1S/C25H22N2O/c28-25(24-10-5-15-26-24)27(22-13-11-18-6-1-3-8-20(18)16-22)23-14-12-19-7-2-4-9-21(19)17-23/h1-4,6-9,11-14,16-17,24,26H,5,10,15H2. The Balaban J connectivity index is 1.65. The van der Waals surface area contributed by atoms with Crippen LogP contribution in [-0.4, -0.2) is 18.5 Å². The molecule has 1 atom stereocenters. The topological polar surface area (TPSA) is 32.3 Å². The van der Waals surface area contributed by atoms with Crippen LogP contribution in [0.15, 0.2) is 84.9 Å². The van der Waals surface area contributed by atoms with Crippen LogP contribution in [0.25, 0.3) is 21.5 Å². The van der Waals surface area contributed by atoms with Gasteiger partial charge in [0.05, 0.1) is 6.04 Å². The maximum Gasteiger partial charge on any atom is 0.248 e. The Labute approximate surface area is 164 Å². The molecule has 1 amide bonds. The SMILES string of the molecule is O=C(C1CCCN1)N(c1ccc2ccccc2c1)c1ccc2ccccc2c1. The third kappa shape index (κ3) is 3.04. The molecule has 1 fully saturated rings. The first-order valence-electron chi connectivity index (χ1n) is 9.84. The van der Waals surface area contributed by atoms with Crippen molar-refractivity contribution >= 4 is 38.8 Å². The summed E-state index contributed by atoms with van der Waals surface area (Å²) in [5.74, 6) is 0.114. The average Bonchev–Trinajstić information content (AvgIpc) is 3.29. The largest absolute Gasteiger partial charge is 0.306 e. The molecule has 0 aromatic heterocycles. The zero-order valence-corrected chi connectivity index (χ0v) is 15.6. The highest BCUT2D eigenvalue weighted by atomic mass is 16.2. The molecule has 0 bridgehead atoms. The van der Waals surface area contributed by atoms with E-state index in [0.717, 1.165) is 41.5 Å². The molecule has 1 unspecified atom stereocenters. The monoisotopic (exact) mass is 366 g/mol. The van der Waals surface area contributed by atoms with Crippen LogP contribution >= 0.6 is 0 Å². The Morgan fingerprint density at radius 3 is 1.79 bits per heavy atom. The van der Waals surface area contributed by atoms with E-state index in [1.807, 2.05) is 41.3 Å². The summed E-state index contributed by atoms with van der Waals surface area (Å²) in [6, 6.07) is 28.9. The predicted molar refractivity (Wildman–Crippen MR) is 116 cm³/mol. The van der Waals surface area contributed by atoms with Gasteiger partial charge in [0.25, 0.3) is 0 Å². The minimum atomic E-state index is -0.127. The van der Waals surface area contributed by atoms with Crippen molar-refractivity contribution in [1.82, 2.24) is 5.32 Å². The van der Waals surface area contributed by atoms with Crippen LogP contribution in [0.5, 0.6) is 0 Å². The lowest BCUT2D eigenvalue weighted by molar-refractivity contribution is -0.119. The van der Waals surface area contributed by atoms with Crippen molar-refractivity contribution in [3.63, 3.8) is 0 Å². The lowest BCUT2D eigenvalue weighted by Crippen LogP contribution is -2.41. The van der Waals surface area contributed by atoms with Gasteiger partial charge in [0, 0.05) is 11.4 Å². The molecule has 28 heavy (non-hydrogen) atoms. The number of hydrogen-bond donors (Lipinski definition) is 1. The van der Waals surface area contributed by atoms with E-state index in [1.54, 1.807) is 0 Å². The van der Waals surface area contributed by atoms with E-state index < -0.39 is 0 Å². The Kier molecular flexibility index (Phi) is 4.30. The van der Waals surface area contributed by atoms with Crippen LogP contribution in [0, 0.1) is 0 Å². The van der Waals surface area contributed by atoms with Gasteiger partial charge < -0.3 is 5.32 Å². The normalized spacial score (nSPS) is 16.5. The van der Waals surface area contributed by atoms with Crippen molar-refractivity contribution in [2.24, 2.45) is 0 Å². The highest BCUT2D eigenvalue weighted by Crippen LogP contribution is 2.32. The Morgan fingerprint density at radius 1 is 0.750 bits per heavy atom. The molecule has 1 aliphatic heterocycles. The van der Waals surface area contributed by atoms with E-state index in [9.17, 15) is 4.79 Å². The van der Waals surface area contributed by atoms with E-state index in [-0.39, 0.29) is 11.9 Å². The van der Waals surface area contributed by atoms with E-state index >= 15 is 0 Å². The maximum atomic E-state index is 13.5. The zero-order chi connectivity index (χ0) is 18.9. The van der Waals surface area contributed by atoms with Gasteiger partial charge >= 0.3 is 0 Å². The number of anilines is 2. The molecule has 0 radical (unpaired) electrons. The summed E-state index contributed by atoms with van der Waals surface area (Å²) >= 11 is 0. The Hall–Kier alpha value is -3.17. The first kappa shape index (κ1) is 17.0. The van der Waals surface area contributed by atoms with Gasteiger partial charge in [-0.3, -0.25) is 9.69 Å². The molecule has 1 saturated heterocycles. The molecule has 3 heteroatoms. The minimum Gasteiger partial charge on any atom is -0.306 e. The van der Waals surface area contributed by atoms with E-state index in [0.29, 0.717) is 0 Å². The van der Waals surface area contributed by atoms with Crippen molar-refractivity contribution in [2.45, 2.75) is 18.9 Å². The number of nitrogens with one attached hydrogen (secondary N) is 1. The molecular weight excluding hydrogens is 344 g/mol. The molecule has 0 saturated carbocycles. The van der Waals surface area contributed by atoms with Crippen LogP contribution in [0.4, 0.5) is 11.4 Å². The van der Waals surface area contributed by atoms with E-state index in [1.165, 1.54) is 10.8 Å². The van der Waals surface area contributed by atoms with Crippen molar-refractivity contribution in [3.8, 4) is 0 Å². The van der Waals surface area contributed by atoms with Crippen molar-refractivity contribution in [1.29, 1.82) is 0 Å². The van der Waals surface area contributed by atoms with Gasteiger partial charge in [-0.1, -0.05) is 60.7 Å². The van der Waals surface area contributed by atoms with Crippen LogP contribution < -0.4 is 10.2 Å². The number of benzene rings is 4. The zero-order valence-electron chi connectivity index (χ0n) is 15.6. The fourth-order valence-corrected chi connectivity index (χ4v) is 4.09. The summed E-state index contributed by atoms with van der Waals surface area (Å²) in [7, 11) is 0. The lowest BCUT2D eigenvalue weighted by Gasteiger charge is -2.26. The smallest absolute Gasteiger partial charge is 0.248 e. The van der Waals surface area contributed by atoms with Crippen molar-refractivity contribution in [3.05, 3.63) is 84.9 Å². The molecule has 4 aromatic carbocycles. The summed E-state index contributed by atoms with van der Waals surface area (Å²) in [5, 5.41) is 7.99. The molecule has 138 valence electrons. The van der Waals surface area contributed by atoms with Crippen molar-refractivity contribution in [2.75, 3.05) is 11.4 Å². The summed E-state index contributed by atoms with van der Waals surface area (Å²) in [6.45, 7) is 0.902. The van der Waals surface area contributed by atoms with Crippen LogP contribution in [0.1, 0.15) is 12.8 Å². The Bertz CT molecular complexity index is 1080. The molecule has 1 N–H and O–H groups in total. The fourth-order valence-electron chi connectivity index (χ4n) is 4.09. The molecule has 1 aliphatic rings. The minimum absolute atomic E-state index is 0.114. The molecule has 3 nitrogen and oxygen atoms in total. The molecule has 0 aliphatic carbocycles. The van der Waals surface area contributed by atoms with Crippen LogP contribution in [0.2, 0.25) is 0 Å². The van der Waals surface area contributed by atoms with Gasteiger partial charge in [-0.15, -0.1) is 0 Å². The fraction of sp³-hybridized carbons (Fsp3) is 0.160. The number of carbonyl (C=O) groups is 1. The third-order valence-corrected chi connectivity index (χ3v) is 5.56. The number of nitrogens with zero attached hydrogens (tertiary/aromatic N) is 1. The van der Waals surface area contributed by atoms with Crippen LogP contribution in [0.3, 0.4) is 0 Å². The van der Waals surface area contributed by atoms with Gasteiger partial charge in [0.15, 0.2) is 0 Å². The molecule has 1 heterocycles. The molecular formula is C25H22N2O. The average molecular weight is 366 g/mol. The predicted octanol–water partition coefficient (Wildman–Crippen LogP) is 5.41. The number of fused-ring (bicyclic) bond motifs is 2. The van der Waals surface area contributed by atoms with Gasteiger partial charge in [-0.05, 0) is 65.2 Å². The summed E-state index contributed by atoms with van der Waals surface area (Å²) in [4.78, 5) is 15.4. The third-order valence-electron chi connectivity index (χ3n) is 5.56. The summed E-state index contributed by atoms with van der Waals surface area (Å²) < 4.78 is 0. The highest BCUT2D eigenvalue weighted by molar-refractivity contribution is 6.06. The lowest BCUT2D eigenvalue weighted by atomic mass is 10.1. The number of rotatable bonds is 3. The second kappa shape index (κ2) is 7.10. The Morgan fingerprint density at radius 2 is 1.29 bits per heavy atom. The van der Waals surface area contributed by atoms with Crippen LogP contribution in [-0.2, 0) is 4.79 Å². The van der Waals surface area contributed by atoms with E-state index in [2.05, 4.69) is 53.8 Å². The highest BCUT2D eigenvalue weighted by Gasteiger charge is 2.29. The van der Waals surface area contributed by atoms with Gasteiger partial charge in [-0.25, -0.2) is 0 Å². The quantitative estimate of drug-likeness (QED) is 0.526. The molecule has 0 spiro atoms. The molecule has 5 rings (SSSR count). The number of amides is 1. The summed E-state index contributed by atoms with van der Waals surface area (Å²) in [6.07, 6.45) is 1.93. The maximum absolute atomic E-state index is 13.5. The van der Waals surface area contributed by atoms with Gasteiger partial charge in [0.2, 0.25) is 5.91 Å². The van der Waals surface area contributed by atoms with E-state index in [4.69, 9.17) is 0 Å². The number of carbonyl (C=O) groups excluding carboxylic acids is 1. The van der Waals surface area contributed by atoms with Gasteiger partial charge in [-0.2, -0.15) is 0 Å². The first-order valence-corrected chi connectivity index (χ1v) is 9.84. The summed E-state index contributed by atoms with van der Waals surface area (Å²) in [5.41, 5.74) is 1.82.